The topological polar surface area (TPSA) is 49.8 Å². The summed E-state index contributed by atoms with van der Waals surface area (Å²) in [4.78, 5) is 14.0. The van der Waals surface area contributed by atoms with Crippen LogP contribution in [0, 0.1) is 6.92 Å². The average molecular weight is 289 g/mol. The van der Waals surface area contributed by atoms with Crippen molar-refractivity contribution in [2.24, 2.45) is 0 Å². The second-order valence-electron chi connectivity index (χ2n) is 6.14. The highest BCUT2D eigenvalue weighted by Gasteiger charge is 2.34. The fourth-order valence-corrected chi connectivity index (χ4v) is 2.51. The van der Waals surface area contributed by atoms with Crippen molar-refractivity contribution >= 4 is 12.0 Å². The van der Waals surface area contributed by atoms with Crippen molar-refractivity contribution in [2.75, 3.05) is 19.7 Å². The smallest absolute Gasteiger partial charge is 0.246 e. The lowest BCUT2D eigenvalue weighted by molar-refractivity contribution is -0.163. The van der Waals surface area contributed by atoms with Crippen molar-refractivity contribution in [2.45, 2.75) is 32.5 Å². The van der Waals surface area contributed by atoms with Crippen molar-refractivity contribution in [3.05, 3.63) is 41.5 Å². The van der Waals surface area contributed by atoms with Crippen LogP contribution in [0.1, 0.15) is 25.0 Å². The van der Waals surface area contributed by atoms with Gasteiger partial charge < -0.3 is 14.7 Å². The number of morpholine rings is 1. The molecule has 1 aromatic rings. The number of carbonyl (C=O) groups is 1. The maximum atomic E-state index is 12.3. The summed E-state index contributed by atoms with van der Waals surface area (Å²) in [6.45, 7) is 6.77. The third kappa shape index (κ3) is 4.41. The molecule has 1 saturated heterocycles. The molecule has 0 bridgehead atoms. The zero-order chi connectivity index (χ0) is 15.5. The van der Waals surface area contributed by atoms with E-state index in [1.54, 1.807) is 11.0 Å². The molecule has 0 aliphatic carbocycles. The Kier molecular flexibility index (Phi) is 4.80. The SMILES string of the molecule is Cc1ccc(/C=C/C(=O)N2CC(CO)OC(C)(C)C2)cc1. The fraction of sp³-hybridized carbons (Fsp3) is 0.471. The zero-order valence-corrected chi connectivity index (χ0v) is 12.9. The molecule has 0 spiro atoms. The van der Waals surface area contributed by atoms with E-state index in [-0.39, 0.29) is 18.6 Å². The van der Waals surface area contributed by atoms with Crippen LogP contribution in [0.15, 0.2) is 30.3 Å². The highest BCUT2D eigenvalue weighted by atomic mass is 16.5. The van der Waals surface area contributed by atoms with Crippen LogP contribution in [-0.4, -0.2) is 47.3 Å². The number of aliphatic hydroxyl groups is 1. The number of amides is 1. The van der Waals surface area contributed by atoms with Gasteiger partial charge in [0.15, 0.2) is 0 Å². The number of ether oxygens (including phenoxy) is 1. The number of carbonyl (C=O) groups excluding carboxylic acids is 1. The van der Waals surface area contributed by atoms with Crippen molar-refractivity contribution in [3.8, 4) is 0 Å². The number of nitrogens with zero attached hydrogens (tertiary/aromatic N) is 1. The Morgan fingerprint density at radius 2 is 2.10 bits per heavy atom. The average Bonchev–Trinajstić information content (AvgIpc) is 2.44. The van der Waals surface area contributed by atoms with E-state index in [4.69, 9.17) is 4.74 Å². The van der Waals surface area contributed by atoms with Gasteiger partial charge in [0.1, 0.15) is 0 Å². The van der Waals surface area contributed by atoms with Crippen molar-refractivity contribution in [3.63, 3.8) is 0 Å². The van der Waals surface area contributed by atoms with E-state index in [0.717, 1.165) is 5.56 Å². The van der Waals surface area contributed by atoms with Crippen LogP contribution in [0.25, 0.3) is 6.08 Å². The van der Waals surface area contributed by atoms with E-state index in [2.05, 4.69) is 0 Å². The van der Waals surface area contributed by atoms with Gasteiger partial charge in [-0.05, 0) is 32.4 Å². The molecule has 0 saturated carbocycles. The Balaban J connectivity index is 2.03. The van der Waals surface area contributed by atoms with Gasteiger partial charge in [0.25, 0.3) is 0 Å². The molecule has 1 amide bonds. The summed E-state index contributed by atoms with van der Waals surface area (Å²) in [5, 5.41) is 9.28. The second kappa shape index (κ2) is 6.41. The lowest BCUT2D eigenvalue weighted by Crippen LogP contribution is -2.55. The van der Waals surface area contributed by atoms with Gasteiger partial charge in [-0.25, -0.2) is 0 Å². The second-order valence-corrected chi connectivity index (χ2v) is 6.14. The maximum Gasteiger partial charge on any atom is 0.246 e. The van der Waals surface area contributed by atoms with Crippen molar-refractivity contribution in [1.82, 2.24) is 4.90 Å². The van der Waals surface area contributed by atoms with E-state index in [9.17, 15) is 9.90 Å². The monoisotopic (exact) mass is 289 g/mol. The maximum absolute atomic E-state index is 12.3. The van der Waals surface area contributed by atoms with Gasteiger partial charge in [-0.3, -0.25) is 4.79 Å². The molecule has 4 nitrogen and oxygen atoms in total. The number of hydrogen-bond acceptors (Lipinski definition) is 3. The van der Waals surface area contributed by atoms with Gasteiger partial charge in [-0.1, -0.05) is 29.8 Å². The molecule has 1 unspecified atom stereocenters. The van der Waals surface area contributed by atoms with Crippen LogP contribution in [0.3, 0.4) is 0 Å². The first kappa shape index (κ1) is 15.7. The minimum atomic E-state index is -0.432. The third-order valence-electron chi connectivity index (χ3n) is 3.49. The molecule has 1 fully saturated rings. The highest BCUT2D eigenvalue weighted by molar-refractivity contribution is 5.91. The summed E-state index contributed by atoms with van der Waals surface area (Å²) in [6, 6.07) is 8.01. The quantitative estimate of drug-likeness (QED) is 0.866. The number of rotatable bonds is 3. The Bertz CT molecular complexity index is 519. The normalized spacial score (nSPS) is 21.7. The van der Waals surface area contributed by atoms with Gasteiger partial charge in [0.05, 0.1) is 18.3 Å². The summed E-state index contributed by atoms with van der Waals surface area (Å²) in [5.41, 5.74) is 1.76. The van der Waals surface area contributed by atoms with Gasteiger partial charge in [-0.2, -0.15) is 0 Å². The van der Waals surface area contributed by atoms with Gasteiger partial charge in [-0.15, -0.1) is 0 Å². The first-order valence-corrected chi connectivity index (χ1v) is 7.22. The Morgan fingerprint density at radius 3 is 2.71 bits per heavy atom. The summed E-state index contributed by atoms with van der Waals surface area (Å²) >= 11 is 0. The Hall–Kier alpha value is -1.65. The molecule has 0 radical (unpaired) electrons. The Labute approximate surface area is 126 Å². The van der Waals surface area contributed by atoms with E-state index < -0.39 is 5.60 Å². The lowest BCUT2D eigenvalue weighted by Gasteiger charge is -2.41. The molecule has 21 heavy (non-hydrogen) atoms. The number of aliphatic hydroxyl groups excluding tert-OH is 1. The van der Waals surface area contributed by atoms with E-state index in [1.807, 2.05) is 51.1 Å². The molecule has 1 atom stereocenters. The highest BCUT2D eigenvalue weighted by Crippen LogP contribution is 2.21. The van der Waals surface area contributed by atoms with Gasteiger partial charge in [0.2, 0.25) is 5.91 Å². The van der Waals surface area contributed by atoms with E-state index >= 15 is 0 Å². The summed E-state index contributed by atoms with van der Waals surface area (Å²) in [5.74, 6) is -0.0506. The molecule has 1 aromatic carbocycles. The molecule has 1 N–H and O–H groups in total. The number of aryl methyl sites for hydroxylation is 1. The van der Waals surface area contributed by atoms with Crippen LogP contribution in [0.4, 0.5) is 0 Å². The Morgan fingerprint density at radius 1 is 1.43 bits per heavy atom. The lowest BCUT2D eigenvalue weighted by atomic mass is 10.0. The predicted molar refractivity (Wildman–Crippen MR) is 82.8 cm³/mol. The molecule has 1 heterocycles. The van der Waals surface area contributed by atoms with Crippen molar-refractivity contribution in [1.29, 1.82) is 0 Å². The molecule has 1 aliphatic heterocycles. The van der Waals surface area contributed by atoms with Crippen LogP contribution in [0.2, 0.25) is 0 Å². The minimum absolute atomic E-state index is 0.0506. The molecule has 4 heteroatoms. The van der Waals surface area contributed by atoms with Crippen LogP contribution in [-0.2, 0) is 9.53 Å². The minimum Gasteiger partial charge on any atom is -0.394 e. The van der Waals surface area contributed by atoms with E-state index in [1.165, 1.54) is 5.56 Å². The molecule has 2 rings (SSSR count). The largest absolute Gasteiger partial charge is 0.394 e. The van der Waals surface area contributed by atoms with Crippen molar-refractivity contribution < 1.29 is 14.6 Å². The first-order valence-electron chi connectivity index (χ1n) is 7.22. The summed E-state index contributed by atoms with van der Waals surface area (Å²) in [7, 11) is 0. The number of hydrogen-bond donors (Lipinski definition) is 1. The zero-order valence-electron chi connectivity index (χ0n) is 12.9. The molecule has 114 valence electrons. The predicted octanol–water partition coefficient (Wildman–Crippen LogP) is 2.01. The summed E-state index contributed by atoms with van der Waals surface area (Å²) < 4.78 is 5.71. The number of benzene rings is 1. The van der Waals surface area contributed by atoms with Gasteiger partial charge >= 0.3 is 0 Å². The summed E-state index contributed by atoms with van der Waals surface area (Å²) in [6.07, 6.45) is 3.09. The standard InChI is InChI=1S/C17H23NO3/c1-13-4-6-14(7-5-13)8-9-16(20)18-10-15(11-19)21-17(2,3)12-18/h4-9,15,19H,10-12H2,1-3H3/b9-8+. The molecule has 1 aliphatic rings. The molecular weight excluding hydrogens is 266 g/mol. The fourth-order valence-electron chi connectivity index (χ4n) is 2.51. The molecular formula is C17H23NO3. The first-order chi connectivity index (χ1) is 9.89. The molecule has 0 aromatic heterocycles. The third-order valence-corrected chi connectivity index (χ3v) is 3.49. The van der Waals surface area contributed by atoms with Gasteiger partial charge in [0, 0.05) is 19.2 Å². The van der Waals surface area contributed by atoms with Crippen LogP contribution >= 0.6 is 0 Å². The van der Waals surface area contributed by atoms with Crippen LogP contribution < -0.4 is 0 Å². The van der Waals surface area contributed by atoms with Crippen LogP contribution in [0.5, 0.6) is 0 Å². The van der Waals surface area contributed by atoms with E-state index in [0.29, 0.717) is 13.1 Å².